The highest BCUT2D eigenvalue weighted by Gasteiger charge is 2.32. The number of pyridine rings is 1. The van der Waals surface area contributed by atoms with Gasteiger partial charge >= 0.3 is 5.97 Å². The number of methoxy groups -OCH3 is 1. The maximum atomic E-state index is 12.4. The van der Waals surface area contributed by atoms with Crippen molar-refractivity contribution in [2.45, 2.75) is 19.4 Å². The second-order valence-electron chi connectivity index (χ2n) is 6.70. The number of hydrogen-bond acceptors (Lipinski definition) is 6. The molecule has 3 aromatic rings. The molecule has 1 aliphatic heterocycles. The number of aromatic nitrogens is 3. The highest BCUT2D eigenvalue weighted by molar-refractivity contribution is 7.91. The smallest absolute Gasteiger partial charge is 0.338 e. The lowest BCUT2D eigenvalue weighted by molar-refractivity contribution is 0.0603. The van der Waals surface area contributed by atoms with Gasteiger partial charge in [-0.1, -0.05) is 30.3 Å². The van der Waals surface area contributed by atoms with Crippen LogP contribution in [0, 0.1) is 6.92 Å². The summed E-state index contributed by atoms with van der Waals surface area (Å²) < 4.78 is 30.5. The molecular weight excluding hydrogens is 366 g/mol. The SMILES string of the molecule is COC(=O)c1cc(-c2ccccc2)nc2c1c(C)nn2[C@@H]1CCS(=O)(=O)C1. The molecular formula is C19H19N3O4S. The molecule has 27 heavy (non-hydrogen) atoms. The standard InChI is InChI=1S/C19H19N3O4S/c1-12-17-15(19(23)26-2)10-16(13-6-4-3-5-7-13)20-18(17)22(21-12)14-8-9-27(24,25)11-14/h3-7,10,14H,8-9,11H2,1-2H3/t14-/m1/s1. The third-order valence-corrected chi connectivity index (χ3v) is 6.62. The van der Waals surface area contributed by atoms with Crippen LogP contribution in [0.3, 0.4) is 0 Å². The van der Waals surface area contributed by atoms with E-state index in [1.165, 1.54) is 7.11 Å². The minimum Gasteiger partial charge on any atom is -0.465 e. The van der Waals surface area contributed by atoms with Gasteiger partial charge in [0.15, 0.2) is 15.5 Å². The summed E-state index contributed by atoms with van der Waals surface area (Å²) >= 11 is 0. The van der Waals surface area contributed by atoms with Crippen molar-refractivity contribution in [2.24, 2.45) is 0 Å². The van der Waals surface area contributed by atoms with Gasteiger partial charge in [-0.3, -0.25) is 0 Å². The Kier molecular flexibility index (Phi) is 4.22. The number of rotatable bonds is 3. The third kappa shape index (κ3) is 3.10. The predicted molar refractivity (Wildman–Crippen MR) is 101 cm³/mol. The van der Waals surface area contributed by atoms with E-state index in [2.05, 4.69) is 5.10 Å². The minimum absolute atomic E-state index is 0.0357. The van der Waals surface area contributed by atoms with Gasteiger partial charge < -0.3 is 4.74 Å². The van der Waals surface area contributed by atoms with Gasteiger partial charge in [0.25, 0.3) is 0 Å². The second-order valence-corrected chi connectivity index (χ2v) is 8.93. The molecule has 0 spiro atoms. The average molecular weight is 385 g/mol. The Hall–Kier alpha value is -2.74. The highest BCUT2D eigenvalue weighted by atomic mass is 32.2. The summed E-state index contributed by atoms with van der Waals surface area (Å²) in [6, 6.07) is 10.9. The number of aryl methyl sites for hydroxylation is 1. The van der Waals surface area contributed by atoms with Crippen molar-refractivity contribution in [2.75, 3.05) is 18.6 Å². The van der Waals surface area contributed by atoms with Gasteiger partial charge in [-0.05, 0) is 19.4 Å². The van der Waals surface area contributed by atoms with Gasteiger partial charge in [0.1, 0.15) is 0 Å². The number of fused-ring (bicyclic) bond motifs is 1. The van der Waals surface area contributed by atoms with Gasteiger partial charge in [-0.15, -0.1) is 0 Å². The van der Waals surface area contributed by atoms with Gasteiger partial charge in [0.2, 0.25) is 0 Å². The van der Waals surface area contributed by atoms with Crippen molar-refractivity contribution in [3.8, 4) is 11.3 Å². The Balaban J connectivity index is 1.98. The number of hydrogen-bond donors (Lipinski definition) is 0. The third-order valence-electron chi connectivity index (χ3n) is 4.87. The number of nitrogens with zero attached hydrogens (tertiary/aromatic N) is 3. The number of sulfone groups is 1. The number of carbonyl (C=O) groups excluding carboxylic acids is 1. The summed E-state index contributed by atoms with van der Waals surface area (Å²) in [6.07, 6.45) is 0.489. The van der Waals surface area contributed by atoms with E-state index in [-0.39, 0.29) is 17.5 Å². The molecule has 2 aromatic heterocycles. The number of benzene rings is 1. The molecule has 1 aromatic carbocycles. The zero-order chi connectivity index (χ0) is 19.2. The van der Waals surface area contributed by atoms with Gasteiger partial charge in [-0.25, -0.2) is 22.9 Å². The maximum Gasteiger partial charge on any atom is 0.338 e. The van der Waals surface area contributed by atoms with Crippen molar-refractivity contribution in [1.82, 2.24) is 14.8 Å². The average Bonchev–Trinajstić information content (AvgIpc) is 3.20. The number of carbonyl (C=O) groups is 1. The van der Waals surface area contributed by atoms with Gasteiger partial charge in [0.05, 0.1) is 47.0 Å². The zero-order valence-corrected chi connectivity index (χ0v) is 15.9. The Labute approximate surface area is 156 Å². The molecule has 7 nitrogen and oxygen atoms in total. The van der Waals surface area contributed by atoms with E-state index in [1.807, 2.05) is 30.3 Å². The first-order valence-corrected chi connectivity index (χ1v) is 10.5. The molecule has 3 heterocycles. The largest absolute Gasteiger partial charge is 0.465 e. The molecule has 0 radical (unpaired) electrons. The number of ether oxygens (including phenoxy) is 1. The van der Waals surface area contributed by atoms with Crippen LogP contribution in [0.4, 0.5) is 0 Å². The van der Waals surface area contributed by atoms with Crippen molar-refractivity contribution in [3.63, 3.8) is 0 Å². The molecule has 0 unspecified atom stereocenters. The van der Waals surface area contributed by atoms with E-state index in [9.17, 15) is 13.2 Å². The topological polar surface area (TPSA) is 91.2 Å². The van der Waals surface area contributed by atoms with E-state index in [0.29, 0.717) is 34.4 Å². The molecule has 1 atom stereocenters. The van der Waals surface area contributed by atoms with E-state index >= 15 is 0 Å². The van der Waals surface area contributed by atoms with Crippen LogP contribution in [0.15, 0.2) is 36.4 Å². The fourth-order valence-corrected chi connectivity index (χ4v) is 5.26. The molecule has 0 N–H and O–H groups in total. The molecule has 0 amide bonds. The molecule has 1 aliphatic rings. The fourth-order valence-electron chi connectivity index (χ4n) is 3.56. The predicted octanol–water partition coefficient (Wildman–Crippen LogP) is 2.55. The highest BCUT2D eigenvalue weighted by Crippen LogP contribution is 2.32. The van der Waals surface area contributed by atoms with Crippen LogP contribution in [0.2, 0.25) is 0 Å². The van der Waals surface area contributed by atoms with Crippen LogP contribution in [-0.2, 0) is 14.6 Å². The zero-order valence-electron chi connectivity index (χ0n) is 15.0. The van der Waals surface area contributed by atoms with E-state index < -0.39 is 15.8 Å². The first-order valence-electron chi connectivity index (χ1n) is 8.63. The summed E-state index contributed by atoms with van der Waals surface area (Å²) in [7, 11) is -1.74. The molecule has 4 rings (SSSR count). The Bertz CT molecular complexity index is 1140. The second kappa shape index (κ2) is 6.45. The van der Waals surface area contributed by atoms with Crippen molar-refractivity contribution >= 4 is 26.8 Å². The van der Waals surface area contributed by atoms with Crippen LogP contribution in [0.1, 0.15) is 28.5 Å². The van der Waals surface area contributed by atoms with Gasteiger partial charge in [0, 0.05) is 5.56 Å². The molecule has 1 saturated heterocycles. The Morgan fingerprint density at radius 3 is 2.63 bits per heavy atom. The van der Waals surface area contributed by atoms with Crippen LogP contribution >= 0.6 is 0 Å². The minimum atomic E-state index is -3.08. The lowest BCUT2D eigenvalue weighted by Gasteiger charge is -2.11. The molecule has 0 aliphatic carbocycles. The Morgan fingerprint density at radius 1 is 1.26 bits per heavy atom. The van der Waals surface area contributed by atoms with Crippen molar-refractivity contribution < 1.29 is 17.9 Å². The fraction of sp³-hybridized carbons (Fsp3) is 0.316. The molecule has 1 fully saturated rings. The van der Waals surface area contributed by atoms with E-state index in [1.54, 1.807) is 17.7 Å². The van der Waals surface area contributed by atoms with Crippen LogP contribution < -0.4 is 0 Å². The summed E-state index contributed by atoms with van der Waals surface area (Å²) in [5.74, 6) is -0.296. The normalized spacial score (nSPS) is 18.7. The maximum absolute atomic E-state index is 12.4. The van der Waals surface area contributed by atoms with Crippen LogP contribution in [0.5, 0.6) is 0 Å². The lowest BCUT2D eigenvalue weighted by Crippen LogP contribution is -2.13. The van der Waals surface area contributed by atoms with E-state index in [4.69, 9.17) is 9.72 Å². The van der Waals surface area contributed by atoms with Crippen LogP contribution in [-0.4, -0.2) is 47.8 Å². The summed E-state index contributed by atoms with van der Waals surface area (Å²) in [6.45, 7) is 1.79. The lowest BCUT2D eigenvalue weighted by atomic mass is 10.1. The number of esters is 1. The monoisotopic (exact) mass is 385 g/mol. The molecule has 8 heteroatoms. The summed E-state index contributed by atoms with van der Waals surface area (Å²) in [5, 5.41) is 5.13. The van der Waals surface area contributed by atoms with Crippen molar-refractivity contribution in [3.05, 3.63) is 47.7 Å². The van der Waals surface area contributed by atoms with Crippen molar-refractivity contribution in [1.29, 1.82) is 0 Å². The van der Waals surface area contributed by atoms with Crippen LogP contribution in [0.25, 0.3) is 22.3 Å². The van der Waals surface area contributed by atoms with E-state index in [0.717, 1.165) is 5.56 Å². The molecule has 140 valence electrons. The molecule has 0 bridgehead atoms. The Morgan fingerprint density at radius 2 is 2.00 bits per heavy atom. The van der Waals surface area contributed by atoms with Gasteiger partial charge in [-0.2, -0.15) is 5.10 Å². The quantitative estimate of drug-likeness (QED) is 0.644. The first kappa shape index (κ1) is 17.7. The molecule has 0 saturated carbocycles. The summed E-state index contributed by atoms with van der Waals surface area (Å²) in [5.41, 5.74) is 2.99. The summed E-state index contributed by atoms with van der Waals surface area (Å²) in [4.78, 5) is 17.1. The first-order chi connectivity index (χ1) is 12.9.